The van der Waals surface area contributed by atoms with Gasteiger partial charge in [0.05, 0.1) is 5.69 Å². The molecule has 2 rings (SSSR count). The molecule has 1 aromatic heterocycles. The number of rotatable bonds is 3. The summed E-state index contributed by atoms with van der Waals surface area (Å²) < 4.78 is 1.84. The molecule has 0 aromatic carbocycles. The molecule has 1 aliphatic rings. The van der Waals surface area contributed by atoms with Crippen molar-refractivity contribution in [2.24, 2.45) is 13.0 Å². The van der Waals surface area contributed by atoms with Gasteiger partial charge >= 0.3 is 0 Å². The molecule has 0 amide bonds. The lowest BCUT2D eigenvalue weighted by Gasteiger charge is -2.12. The highest BCUT2D eigenvalue weighted by Gasteiger charge is 2.21. The molecule has 3 nitrogen and oxygen atoms in total. The Morgan fingerprint density at radius 1 is 1.35 bits per heavy atom. The van der Waals surface area contributed by atoms with E-state index in [1.54, 1.807) is 0 Å². The van der Waals surface area contributed by atoms with E-state index in [1.165, 1.54) is 25.7 Å². The quantitative estimate of drug-likeness (QED) is 0.754. The predicted molar refractivity (Wildman–Crippen MR) is 67.8 cm³/mol. The largest absolute Gasteiger partial charge is 0.299 e. The number of hydrogen-bond acceptors (Lipinski definition) is 2. The van der Waals surface area contributed by atoms with E-state index in [9.17, 15) is 4.79 Å². The number of Topliss-reactive ketones (excluding diaryl/α,β-unsaturated/α-hetero) is 1. The lowest BCUT2D eigenvalue weighted by Crippen LogP contribution is -2.17. The summed E-state index contributed by atoms with van der Waals surface area (Å²) in [4.78, 5) is 12.2. The fourth-order valence-electron chi connectivity index (χ4n) is 2.75. The molecule has 1 aromatic rings. The molecule has 94 valence electrons. The van der Waals surface area contributed by atoms with Gasteiger partial charge in [0.1, 0.15) is 5.78 Å². The number of aryl methyl sites for hydroxylation is 2. The van der Waals surface area contributed by atoms with Crippen LogP contribution in [-0.2, 0) is 18.3 Å². The van der Waals surface area contributed by atoms with E-state index in [-0.39, 0.29) is 0 Å². The van der Waals surface area contributed by atoms with Crippen molar-refractivity contribution >= 4 is 5.78 Å². The minimum absolute atomic E-state index is 0.299. The Kier molecular flexibility index (Phi) is 3.97. The average Bonchev–Trinajstić information content (AvgIpc) is 2.54. The Morgan fingerprint density at radius 3 is 2.53 bits per heavy atom. The molecule has 0 unspecified atom stereocenters. The molecular formula is C14H22N2O. The van der Waals surface area contributed by atoms with Crippen LogP contribution >= 0.6 is 0 Å². The molecule has 0 radical (unpaired) electrons. The fourth-order valence-corrected chi connectivity index (χ4v) is 2.75. The van der Waals surface area contributed by atoms with Crippen LogP contribution in [0.25, 0.3) is 0 Å². The van der Waals surface area contributed by atoms with Gasteiger partial charge in [-0.2, -0.15) is 5.10 Å². The second kappa shape index (κ2) is 5.48. The summed E-state index contributed by atoms with van der Waals surface area (Å²) >= 11 is 0. The van der Waals surface area contributed by atoms with Crippen LogP contribution in [0, 0.1) is 12.8 Å². The Labute approximate surface area is 103 Å². The molecule has 0 spiro atoms. The first kappa shape index (κ1) is 12.3. The van der Waals surface area contributed by atoms with Gasteiger partial charge in [-0.05, 0) is 25.8 Å². The van der Waals surface area contributed by atoms with Crippen LogP contribution in [0.4, 0.5) is 0 Å². The summed E-state index contributed by atoms with van der Waals surface area (Å²) in [6.45, 7) is 1.97. The maximum atomic E-state index is 12.2. The van der Waals surface area contributed by atoms with Crippen molar-refractivity contribution in [2.45, 2.75) is 51.9 Å². The Bertz CT molecular complexity index is 387. The van der Waals surface area contributed by atoms with E-state index in [0.717, 1.165) is 24.2 Å². The zero-order valence-corrected chi connectivity index (χ0v) is 10.9. The van der Waals surface area contributed by atoms with Gasteiger partial charge in [0.2, 0.25) is 0 Å². The fraction of sp³-hybridized carbons (Fsp3) is 0.714. The van der Waals surface area contributed by atoms with E-state index >= 15 is 0 Å². The molecule has 0 saturated heterocycles. The summed E-state index contributed by atoms with van der Waals surface area (Å²) in [5.41, 5.74) is 2.05. The number of carbonyl (C=O) groups excluding carboxylic acids is 1. The minimum Gasteiger partial charge on any atom is -0.299 e. The van der Waals surface area contributed by atoms with Gasteiger partial charge < -0.3 is 0 Å². The first-order chi connectivity index (χ1) is 8.16. The average molecular weight is 234 g/mol. The second-order valence-corrected chi connectivity index (χ2v) is 5.23. The van der Waals surface area contributed by atoms with Gasteiger partial charge in [-0.25, -0.2) is 0 Å². The van der Waals surface area contributed by atoms with E-state index in [0.29, 0.717) is 18.1 Å². The maximum absolute atomic E-state index is 12.2. The highest BCUT2D eigenvalue weighted by molar-refractivity contribution is 5.82. The molecule has 1 saturated carbocycles. The first-order valence-corrected chi connectivity index (χ1v) is 6.69. The van der Waals surface area contributed by atoms with Crippen LogP contribution in [0.1, 0.15) is 49.9 Å². The molecule has 1 heterocycles. The van der Waals surface area contributed by atoms with E-state index in [4.69, 9.17) is 0 Å². The van der Waals surface area contributed by atoms with Crippen LogP contribution in [0.2, 0.25) is 0 Å². The van der Waals surface area contributed by atoms with Crippen molar-refractivity contribution in [3.8, 4) is 0 Å². The van der Waals surface area contributed by atoms with Crippen molar-refractivity contribution in [3.63, 3.8) is 0 Å². The topological polar surface area (TPSA) is 34.9 Å². The standard InChI is InChI=1S/C14H22N2O/c1-11-9-13(16(2)15-11)10-14(17)12-7-5-3-4-6-8-12/h9,12H,3-8,10H2,1-2H3. The molecule has 0 N–H and O–H groups in total. The number of carbonyl (C=O) groups is 1. The number of nitrogens with zero attached hydrogens (tertiary/aromatic N) is 2. The summed E-state index contributed by atoms with van der Waals surface area (Å²) in [7, 11) is 1.92. The van der Waals surface area contributed by atoms with Crippen LogP contribution < -0.4 is 0 Å². The van der Waals surface area contributed by atoms with E-state index in [1.807, 2.05) is 24.7 Å². The van der Waals surface area contributed by atoms with E-state index < -0.39 is 0 Å². The zero-order valence-electron chi connectivity index (χ0n) is 10.9. The van der Waals surface area contributed by atoms with Gasteiger partial charge in [-0.1, -0.05) is 25.7 Å². The third-order valence-corrected chi connectivity index (χ3v) is 3.76. The van der Waals surface area contributed by atoms with Gasteiger partial charge in [0.15, 0.2) is 0 Å². The van der Waals surface area contributed by atoms with Crippen molar-refractivity contribution in [2.75, 3.05) is 0 Å². The summed E-state index contributed by atoms with van der Waals surface area (Å²) in [5.74, 6) is 0.711. The second-order valence-electron chi connectivity index (χ2n) is 5.23. The van der Waals surface area contributed by atoms with Crippen molar-refractivity contribution in [1.82, 2.24) is 9.78 Å². The minimum atomic E-state index is 0.299. The molecular weight excluding hydrogens is 212 g/mol. The molecule has 1 fully saturated rings. The van der Waals surface area contributed by atoms with Crippen LogP contribution in [0.15, 0.2) is 6.07 Å². The molecule has 17 heavy (non-hydrogen) atoms. The summed E-state index contributed by atoms with van der Waals surface area (Å²) in [5, 5.41) is 4.29. The van der Waals surface area contributed by atoms with Crippen LogP contribution in [0.5, 0.6) is 0 Å². The van der Waals surface area contributed by atoms with E-state index in [2.05, 4.69) is 5.10 Å². The lowest BCUT2D eigenvalue weighted by molar-refractivity contribution is -0.122. The lowest BCUT2D eigenvalue weighted by atomic mass is 9.93. The maximum Gasteiger partial charge on any atom is 0.141 e. The smallest absolute Gasteiger partial charge is 0.141 e. The Balaban J connectivity index is 1.98. The Hall–Kier alpha value is -1.12. The highest BCUT2D eigenvalue weighted by atomic mass is 16.1. The van der Waals surface area contributed by atoms with Gasteiger partial charge in [0.25, 0.3) is 0 Å². The molecule has 1 aliphatic carbocycles. The molecule has 0 aliphatic heterocycles. The van der Waals surface area contributed by atoms with Gasteiger partial charge in [-0.15, -0.1) is 0 Å². The summed E-state index contributed by atoms with van der Waals surface area (Å²) in [6.07, 6.45) is 7.79. The Morgan fingerprint density at radius 2 is 2.00 bits per heavy atom. The highest BCUT2D eigenvalue weighted by Crippen LogP contribution is 2.24. The van der Waals surface area contributed by atoms with Crippen LogP contribution in [0.3, 0.4) is 0 Å². The van der Waals surface area contributed by atoms with Gasteiger partial charge in [0, 0.05) is 25.1 Å². The van der Waals surface area contributed by atoms with Gasteiger partial charge in [-0.3, -0.25) is 9.48 Å². The third kappa shape index (κ3) is 3.18. The number of aromatic nitrogens is 2. The molecule has 0 atom stereocenters. The molecule has 3 heteroatoms. The number of hydrogen-bond donors (Lipinski definition) is 0. The SMILES string of the molecule is Cc1cc(CC(=O)C2CCCCCC2)n(C)n1. The normalized spacial score (nSPS) is 18.0. The zero-order chi connectivity index (χ0) is 12.3. The monoisotopic (exact) mass is 234 g/mol. The third-order valence-electron chi connectivity index (χ3n) is 3.76. The molecule has 0 bridgehead atoms. The van der Waals surface area contributed by atoms with Crippen LogP contribution in [-0.4, -0.2) is 15.6 Å². The van der Waals surface area contributed by atoms with Crippen molar-refractivity contribution < 1.29 is 4.79 Å². The number of ketones is 1. The van der Waals surface area contributed by atoms with Crippen molar-refractivity contribution in [1.29, 1.82) is 0 Å². The predicted octanol–water partition coefficient (Wildman–Crippen LogP) is 2.81. The van der Waals surface area contributed by atoms with Crippen molar-refractivity contribution in [3.05, 3.63) is 17.5 Å². The first-order valence-electron chi connectivity index (χ1n) is 6.69. The summed E-state index contributed by atoms with van der Waals surface area (Å²) in [6, 6.07) is 2.02.